The average Bonchev–Trinajstić information content (AvgIpc) is 2.97. The van der Waals surface area contributed by atoms with Gasteiger partial charge in [-0.05, 0) is 44.5 Å². The number of aryl methyl sites for hydroxylation is 1. The maximum Gasteiger partial charge on any atom is 0.256 e. The summed E-state index contributed by atoms with van der Waals surface area (Å²) in [5.74, 6) is 0.688. The quantitative estimate of drug-likeness (QED) is 0.872. The lowest BCUT2D eigenvalue weighted by atomic mass is 10.1. The first kappa shape index (κ1) is 18.4. The van der Waals surface area contributed by atoms with E-state index in [-0.39, 0.29) is 23.5 Å². The van der Waals surface area contributed by atoms with Gasteiger partial charge in [0.15, 0.2) is 9.84 Å². The summed E-state index contributed by atoms with van der Waals surface area (Å²) < 4.78 is 23.5. The number of pyridine rings is 1. The van der Waals surface area contributed by atoms with Crippen molar-refractivity contribution in [2.75, 3.05) is 28.3 Å². The molecule has 1 aromatic carbocycles. The van der Waals surface area contributed by atoms with Crippen molar-refractivity contribution in [2.45, 2.75) is 26.3 Å². The Hall–Kier alpha value is -2.41. The molecule has 1 atom stereocenters. The van der Waals surface area contributed by atoms with Crippen molar-refractivity contribution < 1.29 is 13.2 Å². The van der Waals surface area contributed by atoms with Crippen molar-refractivity contribution >= 4 is 27.2 Å². The van der Waals surface area contributed by atoms with Crippen molar-refractivity contribution in [1.29, 1.82) is 0 Å². The number of nitrogens with zero attached hydrogens (tertiary/aromatic N) is 2. The van der Waals surface area contributed by atoms with Gasteiger partial charge in [-0.3, -0.25) is 4.79 Å². The van der Waals surface area contributed by atoms with Crippen LogP contribution in [-0.4, -0.2) is 43.4 Å². The largest absolute Gasteiger partial charge is 0.367 e. The molecule has 2 aromatic rings. The molecule has 7 heteroatoms. The number of benzene rings is 1. The second-order valence-electron chi connectivity index (χ2n) is 6.56. The lowest BCUT2D eigenvalue weighted by Gasteiger charge is -2.28. The molecule has 2 heterocycles. The molecule has 1 aromatic heterocycles. The number of anilines is 2. The minimum atomic E-state index is -2.94. The van der Waals surface area contributed by atoms with Crippen molar-refractivity contribution in [3.63, 3.8) is 0 Å². The Balaban J connectivity index is 1.69. The first-order chi connectivity index (χ1) is 12.4. The summed E-state index contributed by atoms with van der Waals surface area (Å²) in [6, 6.07) is 10.9. The van der Waals surface area contributed by atoms with Gasteiger partial charge in [-0.15, -0.1) is 0 Å². The summed E-state index contributed by atoms with van der Waals surface area (Å²) in [6.07, 6.45) is 2.32. The highest BCUT2D eigenvalue weighted by Crippen LogP contribution is 2.24. The molecule has 1 unspecified atom stereocenters. The number of sulfone groups is 1. The Morgan fingerprint density at radius 3 is 2.50 bits per heavy atom. The third-order valence-corrected chi connectivity index (χ3v) is 6.38. The standard InChI is InChI=1S/C19H23N3O3S/c1-3-22(17-10-11-26(24,25)13-17)16-8-9-18(20-12-16)21-19(23)15-6-4-14(2)5-7-15/h4-9,12,17H,3,10-11,13H2,1-2H3,(H,20,21,23). The smallest absolute Gasteiger partial charge is 0.256 e. The molecule has 1 N–H and O–H groups in total. The summed E-state index contributed by atoms with van der Waals surface area (Å²) in [7, 11) is -2.94. The van der Waals surface area contributed by atoms with Gasteiger partial charge in [0.2, 0.25) is 0 Å². The molecule has 0 aliphatic carbocycles. The predicted molar refractivity (Wildman–Crippen MR) is 103 cm³/mol. The van der Waals surface area contributed by atoms with Crippen LogP contribution in [0, 0.1) is 6.92 Å². The van der Waals surface area contributed by atoms with Gasteiger partial charge in [0.25, 0.3) is 5.91 Å². The number of hydrogen-bond donors (Lipinski definition) is 1. The molecule has 26 heavy (non-hydrogen) atoms. The van der Waals surface area contributed by atoms with Gasteiger partial charge in [-0.25, -0.2) is 13.4 Å². The van der Waals surface area contributed by atoms with E-state index in [0.717, 1.165) is 11.3 Å². The van der Waals surface area contributed by atoms with E-state index >= 15 is 0 Å². The predicted octanol–water partition coefficient (Wildman–Crippen LogP) is 2.66. The Morgan fingerprint density at radius 1 is 1.23 bits per heavy atom. The molecule has 0 saturated carbocycles. The van der Waals surface area contributed by atoms with Crippen molar-refractivity contribution in [3.05, 3.63) is 53.7 Å². The lowest BCUT2D eigenvalue weighted by Crippen LogP contribution is -2.36. The summed E-state index contributed by atoms with van der Waals surface area (Å²) in [5, 5.41) is 2.78. The number of amides is 1. The van der Waals surface area contributed by atoms with E-state index in [2.05, 4.69) is 15.2 Å². The van der Waals surface area contributed by atoms with Crippen LogP contribution in [0.5, 0.6) is 0 Å². The molecule has 3 rings (SSSR count). The van der Waals surface area contributed by atoms with Gasteiger partial charge in [0, 0.05) is 18.2 Å². The molecule has 0 radical (unpaired) electrons. The molecular formula is C19H23N3O3S. The summed E-state index contributed by atoms with van der Waals surface area (Å²) in [5.41, 5.74) is 2.54. The van der Waals surface area contributed by atoms with Gasteiger partial charge in [0.1, 0.15) is 5.82 Å². The summed E-state index contributed by atoms with van der Waals surface area (Å²) in [4.78, 5) is 18.6. The zero-order valence-corrected chi connectivity index (χ0v) is 15.8. The monoisotopic (exact) mass is 373 g/mol. The van der Waals surface area contributed by atoms with Crippen LogP contribution in [0.3, 0.4) is 0 Å². The van der Waals surface area contributed by atoms with Crippen molar-refractivity contribution in [1.82, 2.24) is 4.98 Å². The molecule has 1 amide bonds. The Morgan fingerprint density at radius 2 is 1.96 bits per heavy atom. The third kappa shape index (κ3) is 4.22. The normalized spacial score (nSPS) is 18.5. The molecular weight excluding hydrogens is 350 g/mol. The number of aromatic nitrogens is 1. The van der Waals surface area contributed by atoms with E-state index in [1.807, 2.05) is 32.0 Å². The van der Waals surface area contributed by atoms with Crippen LogP contribution >= 0.6 is 0 Å². The van der Waals surface area contributed by atoms with Crippen molar-refractivity contribution in [3.8, 4) is 0 Å². The summed E-state index contributed by atoms with van der Waals surface area (Å²) in [6.45, 7) is 4.67. The Kier molecular flexibility index (Phi) is 5.27. The molecule has 0 spiro atoms. The van der Waals surface area contributed by atoms with E-state index in [0.29, 0.717) is 24.3 Å². The third-order valence-electron chi connectivity index (χ3n) is 4.62. The van der Waals surface area contributed by atoms with Crippen molar-refractivity contribution in [2.24, 2.45) is 0 Å². The fourth-order valence-electron chi connectivity index (χ4n) is 3.20. The number of rotatable bonds is 5. The van der Waals surface area contributed by atoms with Crippen LogP contribution in [0.4, 0.5) is 11.5 Å². The zero-order valence-electron chi connectivity index (χ0n) is 15.0. The molecule has 6 nitrogen and oxygen atoms in total. The van der Waals surface area contributed by atoms with Gasteiger partial charge in [0.05, 0.1) is 23.4 Å². The van der Waals surface area contributed by atoms with Crippen LogP contribution in [0.15, 0.2) is 42.6 Å². The van der Waals surface area contributed by atoms with Gasteiger partial charge >= 0.3 is 0 Å². The maximum absolute atomic E-state index is 12.3. The van der Waals surface area contributed by atoms with Crippen LogP contribution in [0.2, 0.25) is 0 Å². The minimum absolute atomic E-state index is 0.0141. The summed E-state index contributed by atoms with van der Waals surface area (Å²) >= 11 is 0. The Bertz CT molecular complexity index is 877. The van der Waals surface area contributed by atoms with E-state index < -0.39 is 9.84 Å². The van der Waals surface area contributed by atoms with Crippen LogP contribution in [0.25, 0.3) is 0 Å². The fourth-order valence-corrected chi connectivity index (χ4v) is 4.93. The number of hydrogen-bond acceptors (Lipinski definition) is 5. The Labute approximate surface area is 154 Å². The second-order valence-corrected chi connectivity index (χ2v) is 8.79. The highest BCUT2D eigenvalue weighted by molar-refractivity contribution is 7.91. The number of carbonyl (C=O) groups is 1. The van der Waals surface area contributed by atoms with Crippen LogP contribution in [-0.2, 0) is 9.84 Å². The van der Waals surface area contributed by atoms with Gasteiger partial charge in [-0.2, -0.15) is 0 Å². The average molecular weight is 373 g/mol. The van der Waals surface area contributed by atoms with Crippen LogP contribution in [0.1, 0.15) is 29.3 Å². The molecule has 138 valence electrons. The van der Waals surface area contributed by atoms with E-state index in [4.69, 9.17) is 0 Å². The van der Waals surface area contributed by atoms with Gasteiger partial charge in [-0.1, -0.05) is 17.7 Å². The van der Waals surface area contributed by atoms with E-state index in [1.54, 1.807) is 24.4 Å². The first-order valence-corrected chi connectivity index (χ1v) is 10.5. The number of nitrogens with one attached hydrogen (secondary N) is 1. The van der Waals surface area contributed by atoms with Crippen LogP contribution < -0.4 is 10.2 Å². The van der Waals surface area contributed by atoms with E-state index in [1.165, 1.54) is 0 Å². The van der Waals surface area contributed by atoms with E-state index in [9.17, 15) is 13.2 Å². The zero-order chi connectivity index (χ0) is 18.7. The second kappa shape index (κ2) is 7.45. The SMILES string of the molecule is CCN(c1ccc(NC(=O)c2ccc(C)cc2)nc1)C1CCS(=O)(=O)C1. The molecule has 1 saturated heterocycles. The topological polar surface area (TPSA) is 79.4 Å². The minimum Gasteiger partial charge on any atom is -0.367 e. The molecule has 1 aliphatic heterocycles. The maximum atomic E-state index is 12.3. The molecule has 1 fully saturated rings. The highest BCUT2D eigenvalue weighted by atomic mass is 32.2. The first-order valence-electron chi connectivity index (χ1n) is 8.69. The highest BCUT2D eigenvalue weighted by Gasteiger charge is 2.31. The molecule has 0 bridgehead atoms. The number of carbonyl (C=O) groups excluding carboxylic acids is 1. The molecule has 1 aliphatic rings. The fraction of sp³-hybridized carbons (Fsp3) is 0.368. The van der Waals surface area contributed by atoms with Gasteiger partial charge < -0.3 is 10.2 Å². The lowest BCUT2D eigenvalue weighted by molar-refractivity contribution is 0.102.